The summed E-state index contributed by atoms with van der Waals surface area (Å²) in [5.41, 5.74) is -0.228. The molecule has 1 amide bonds. The summed E-state index contributed by atoms with van der Waals surface area (Å²) in [4.78, 5) is 20.6. The Morgan fingerprint density at radius 3 is 2.52 bits per heavy atom. The Labute approximate surface area is 148 Å². The molecule has 1 saturated heterocycles. The van der Waals surface area contributed by atoms with Crippen LogP contribution in [-0.4, -0.2) is 57.8 Å². The van der Waals surface area contributed by atoms with Gasteiger partial charge in [-0.3, -0.25) is 4.79 Å². The first-order chi connectivity index (χ1) is 11.8. The SMILES string of the molecule is CCN1CCN(C(=O)Cc2cn3cc(C(F)(F)F)cc(Cl)c3n2)CC1. The lowest BCUT2D eigenvalue weighted by atomic mass is 10.2. The van der Waals surface area contributed by atoms with Gasteiger partial charge in [0.05, 0.1) is 22.7 Å². The van der Waals surface area contributed by atoms with Gasteiger partial charge in [0, 0.05) is 38.6 Å². The Bertz CT molecular complexity index is 782. The Kier molecular flexibility index (Phi) is 4.92. The van der Waals surface area contributed by atoms with Crippen molar-refractivity contribution in [1.82, 2.24) is 19.2 Å². The van der Waals surface area contributed by atoms with Crippen LogP contribution in [0.25, 0.3) is 5.65 Å². The van der Waals surface area contributed by atoms with Crippen LogP contribution in [0.1, 0.15) is 18.2 Å². The molecule has 0 N–H and O–H groups in total. The second-order valence-corrected chi connectivity index (χ2v) is 6.44. The summed E-state index contributed by atoms with van der Waals surface area (Å²) < 4.78 is 39.8. The van der Waals surface area contributed by atoms with E-state index in [0.29, 0.717) is 18.8 Å². The second-order valence-electron chi connectivity index (χ2n) is 6.03. The van der Waals surface area contributed by atoms with Crippen molar-refractivity contribution in [3.05, 3.63) is 34.7 Å². The molecule has 0 atom stereocenters. The van der Waals surface area contributed by atoms with E-state index in [4.69, 9.17) is 11.6 Å². The molecule has 136 valence electrons. The van der Waals surface area contributed by atoms with Crippen molar-refractivity contribution in [2.45, 2.75) is 19.5 Å². The Balaban J connectivity index is 1.76. The number of nitrogens with zero attached hydrogens (tertiary/aromatic N) is 4. The standard InChI is InChI=1S/C16H18ClF3N4O/c1-2-22-3-5-23(6-4-22)14(25)8-12-10-24-9-11(16(18,19)20)7-13(17)15(24)21-12/h7,9-10H,2-6,8H2,1H3. The van der Waals surface area contributed by atoms with E-state index in [2.05, 4.69) is 16.8 Å². The van der Waals surface area contributed by atoms with Gasteiger partial charge in [0.15, 0.2) is 5.65 Å². The average molecular weight is 375 g/mol. The summed E-state index contributed by atoms with van der Waals surface area (Å²) in [6.45, 7) is 5.99. The van der Waals surface area contributed by atoms with Crippen molar-refractivity contribution in [1.29, 1.82) is 0 Å². The summed E-state index contributed by atoms with van der Waals surface area (Å²) in [6, 6.07) is 0.847. The van der Waals surface area contributed by atoms with Gasteiger partial charge in [-0.25, -0.2) is 4.98 Å². The fourth-order valence-corrected chi connectivity index (χ4v) is 3.19. The number of piperazine rings is 1. The van der Waals surface area contributed by atoms with Crippen molar-refractivity contribution in [2.75, 3.05) is 32.7 Å². The van der Waals surface area contributed by atoms with Gasteiger partial charge in [-0.05, 0) is 12.6 Å². The van der Waals surface area contributed by atoms with Gasteiger partial charge in [-0.2, -0.15) is 13.2 Å². The fourth-order valence-electron chi connectivity index (χ4n) is 2.93. The number of amides is 1. The molecule has 0 unspecified atom stereocenters. The highest BCUT2D eigenvalue weighted by atomic mass is 35.5. The van der Waals surface area contributed by atoms with Crippen LogP contribution in [0.15, 0.2) is 18.5 Å². The molecule has 2 aromatic heterocycles. The first-order valence-corrected chi connectivity index (χ1v) is 8.40. The molecule has 9 heteroatoms. The lowest BCUT2D eigenvalue weighted by molar-refractivity contribution is -0.138. The predicted octanol–water partition coefficient (Wildman–Crippen LogP) is 2.71. The summed E-state index contributed by atoms with van der Waals surface area (Å²) in [5, 5.41) is -0.0925. The number of hydrogen-bond acceptors (Lipinski definition) is 3. The molecule has 0 bridgehead atoms. The predicted molar refractivity (Wildman–Crippen MR) is 87.6 cm³/mol. The van der Waals surface area contributed by atoms with Gasteiger partial charge in [-0.15, -0.1) is 0 Å². The normalized spacial score (nSPS) is 16.6. The minimum atomic E-state index is -4.49. The molecule has 0 aromatic carbocycles. The second kappa shape index (κ2) is 6.84. The number of pyridine rings is 1. The topological polar surface area (TPSA) is 40.9 Å². The van der Waals surface area contributed by atoms with Crippen molar-refractivity contribution in [2.24, 2.45) is 0 Å². The number of likely N-dealkylation sites (N-methyl/N-ethyl adjacent to an activating group) is 1. The van der Waals surface area contributed by atoms with E-state index in [1.54, 1.807) is 4.90 Å². The van der Waals surface area contributed by atoms with Crippen LogP contribution >= 0.6 is 11.6 Å². The van der Waals surface area contributed by atoms with Crippen molar-refractivity contribution < 1.29 is 18.0 Å². The minimum absolute atomic E-state index is 0.0471. The zero-order valence-corrected chi connectivity index (χ0v) is 14.4. The number of carbonyl (C=O) groups excluding carboxylic acids is 1. The van der Waals surface area contributed by atoms with E-state index < -0.39 is 11.7 Å². The summed E-state index contributed by atoms with van der Waals surface area (Å²) >= 11 is 5.91. The van der Waals surface area contributed by atoms with Crippen molar-refractivity contribution >= 4 is 23.2 Å². The molecule has 1 aliphatic heterocycles. The molecule has 0 radical (unpaired) electrons. The summed E-state index contributed by atoms with van der Waals surface area (Å²) in [6.07, 6.45) is -2.08. The number of halogens is 4. The molecule has 0 saturated carbocycles. The number of carbonyl (C=O) groups is 1. The third-order valence-corrected chi connectivity index (χ3v) is 4.67. The Hall–Kier alpha value is -1.80. The highest BCUT2D eigenvalue weighted by Gasteiger charge is 2.32. The first-order valence-electron chi connectivity index (χ1n) is 8.02. The number of aromatic nitrogens is 2. The van der Waals surface area contributed by atoms with Gasteiger partial charge in [0.1, 0.15) is 0 Å². The van der Waals surface area contributed by atoms with Crippen LogP contribution in [0.3, 0.4) is 0 Å². The summed E-state index contributed by atoms with van der Waals surface area (Å²) in [5.74, 6) is -0.0775. The maximum absolute atomic E-state index is 12.9. The van der Waals surface area contributed by atoms with E-state index in [-0.39, 0.29) is 23.0 Å². The Morgan fingerprint density at radius 1 is 1.24 bits per heavy atom. The van der Waals surface area contributed by atoms with Gasteiger partial charge in [0.2, 0.25) is 5.91 Å². The number of alkyl halides is 3. The molecule has 1 aliphatic rings. The minimum Gasteiger partial charge on any atom is -0.340 e. The van der Waals surface area contributed by atoms with E-state index in [9.17, 15) is 18.0 Å². The molecule has 3 heterocycles. The van der Waals surface area contributed by atoms with E-state index in [1.165, 1.54) is 10.6 Å². The zero-order valence-electron chi connectivity index (χ0n) is 13.7. The highest BCUT2D eigenvalue weighted by Crippen LogP contribution is 2.32. The lowest BCUT2D eigenvalue weighted by Crippen LogP contribution is -2.48. The number of hydrogen-bond donors (Lipinski definition) is 0. The van der Waals surface area contributed by atoms with Crippen LogP contribution < -0.4 is 0 Å². The van der Waals surface area contributed by atoms with Gasteiger partial charge in [0.25, 0.3) is 0 Å². The number of rotatable bonds is 3. The van der Waals surface area contributed by atoms with Crippen LogP contribution in [0.4, 0.5) is 13.2 Å². The molecule has 0 aliphatic carbocycles. The molecule has 5 nitrogen and oxygen atoms in total. The van der Waals surface area contributed by atoms with Crippen molar-refractivity contribution in [3.63, 3.8) is 0 Å². The Morgan fingerprint density at radius 2 is 1.92 bits per heavy atom. The fraction of sp³-hybridized carbons (Fsp3) is 0.500. The molecule has 1 fully saturated rings. The van der Waals surface area contributed by atoms with E-state index in [1.807, 2.05) is 0 Å². The molecule has 25 heavy (non-hydrogen) atoms. The molecular formula is C16H18ClF3N4O. The third-order valence-electron chi connectivity index (χ3n) is 4.39. The van der Waals surface area contributed by atoms with Crippen LogP contribution in [0.5, 0.6) is 0 Å². The quantitative estimate of drug-likeness (QED) is 0.829. The summed E-state index contributed by atoms with van der Waals surface area (Å²) in [7, 11) is 0. The lowest BCUT2D eigenvalue weighted by Gasteiger charge is -2.34. The molecule has 3 rings (SSSR count). The van der Waals surface area contributed by atoms with Crippen LogP contribution in [0, 0.1) is 0 Å². The average Bonchev–Trinajstić information content (AvgIpc) is 2.97. The molecule has 0 spiro atoms. The molecular weight excluding hydrogens is 357 g/mol. The largest absolute Gasteiger partial charge is 0.417 e. The zero-order chi connectivity index (χ0) is 18.2. The van der Waals surface area contributed by atoms with E-state index >= 15 is 0 Å². The number of imidazole rings is 1. The van der Waals surface area contributed by atoms with Gasteiger partial charge >= 0.3 is 6.18 Å². The smallest absolute Gasteiger partial charge is 0.340 e. The number of fused-ring (bicyclic) bond motifs is 1. The van der Waals surface area contributed by atoms with Crippen molar-refractivity contribution in [3.8, 4) is 0 Å². The maximum Gasteiger partial charge on any atom is 0.417 e. The monoisotopic (exact) mass is 374 g/mol. The van der Waals surface area contributed by atoms with Crippen LogP contribution in [-0.2, 0) is 17.4 Å². The van der Waals surface area contributed by atoms with E-state index in [0.717, 1.165) is 31.9 Å². The first kappa shape index (κ1) is 18.0. The highest BCUT2D eigenvalue weighted by molar-refractivity contribution is 6.33. The van der Waals surface area contributed by atoms with Crippen LogP contribution in [0.2, 0.25) is 5.02 Å². The third kappa shape index (κ3) is 3.90. The maximum atomic E-state index is 12.9. The van der Waals surface area contributed by atoms with Gasteiger partial charge in [-0.1, -0.05) is 18.5 Å². The molecule has 2 aromatic rings. The van der Waals surface area contributed by atoms with Gasteiger partial charge < -0.3 is 14.2 Å².